The Balaban J connectivity index is 1.58. The lowest BCUT2D eigenvalue weighted by atomic mass is 9.72. The largest absolute Gasteiger partial charge is 0.493 e. The number of methoxy groups -OCH3 is 2. The summed E-state index contributed by atoms with van der Waals surface area (Å²) >= 11 is 6.30. The second kappa shape index (κ2) is 8.02. The van der Waals surface area contributed by atoms with Crippen LogP contribution in [0, 0.1) is 6.92 Å². The van der Waals surface area contributed by atoms with Crippen molar-refractivity contribution in [3.05, 3.63) is 81.1 Å². The predicted octanol–water partition coefficient (Wildman–Crippen LogP) is 5.61. The van der Waals surface area contributed by atoms with Crippen molar-refractivity contribution in [3.8, 4) is 11.5 Å². The Morgan fingerprint density at radius 1 is 1.06 bits per heavy atom. The van der Waals surface area contributed by atoms with Gasteiger partial charge in [-0.15, -0.1) is 0 Å². The summed E-state index contributed by atoms with van der Waals surface area (Å²) in [5.41, 5.74) is 5.28. The topological polar surface area (TPSA) is 73.6 Å². The van der Waals surface area contributed by atoms with Crippen LogP contribution in [0.2, 0.25) is 5.02 Å². The van der Waals surface area contributed by atoms with Crippen LogP contribution < -0.4 is 14.8 Å². The molecule has 0 unspecified atom stereocenters. The van der Waals surface area contributed by atoms with Crippen molar-refractivity contribution in [1.29, 1.82) is 0 Å². The number of carbonyl (C=O) groups is 1. The van der Waals surface area contributed by atoms with Crippen LogP contribution in [-0.2, 0) is 4.79 Å². The van der Waals surface area contributed by atoms with Gasteiger partial charge in [-0.05, 0) is 54.7 Å². The fourth-order valence-electron chi connectivity index (χ4n) is 4.83. The highest BCUT2D eigenvalue weighted by atomic mass is 35.5. The van der Waals surface area contributed by atoms with Crippen molar-refractivity contribution in [2.24, 2.45) is 0 Å². The van der Waals surface area contributed by atoms with Crippen molar-refractivity contribution in [2.45, 2.75) is 31.6 Å². The summed E-state index contributed by atoms with van der Waals surface area (Å²) in [4.78, 5) is 13.6. The van der Waals surface area contributed by atoms with E-state index in [9.17, 15) is 4.79 Å². The fraction of sp³-hybridized carbons (Fsp3) is 0.280. The number of allylic oxidation sites excluding steroid dienone is 2. The maximum Gasteiger partial charge on any atom is 0.233 e. The molecule has 0 fully saturated rings. The van der Waals surface area contributed by atoms with Gasteiger partial charge in [-0.3, -0.25) is 4.79 Å². The van der Waals surface area contributed by atoms with E-state index in [1.807, 2.05) is 49.4 Å². The fourth-order valence-corrected chi connectivity index (χ4v) is 5.03. The van der Waals surface area contributed by atoms with E-state index in [0.717, 1.165) is 33.7 Å². The van der Waals surface area contributed by atoms with Gasteiger partial charge in [0.25, 0.3) is 0 Å². The van der Waals surface area contributed by atoms with Gasteiger partial charge in [0.2, 0.25) is 5.88 Å². The van der Waals surface area contributed by atoms with Gasteiger partial charge in [-0.1, -0.05) is 35.0 Å². The molecule has 7 heteroatoms. The minimum atomic E-state index is -0.259. The Morgan fingerprint density at radius 3 is 2.62 bits per heavy atom. The summed E-state index contributed by atoms with van der Waals surface area (Å²) in [6.07, 6.45) is 1.08. The number of benzene rings is 2. The monoisotopic (exact) mass is 450 g/mol. The number of hydrogen-bond donors (Lipinski definition) is 1. The van der Waals surface area contributed by atoms with Gasteiger partial charge < -0.3 is 19.3 Å². The third-order valence-electron chi connectivity index (χ3n) is 6.32. The zero-order chi connectivity index (χ0) is 22.4. The highest BCUT2D eigenvalue weighted by Crippen LogP contribution is 2.49. The molecule has 1 aromatic heterocycles. The van der Waals surface area contributed by atoms with Crippen molar-refractivity contribution >= 4 is 23.3 Å². The van der Waals surface area contributed by atoms with E-state index in [0.29, 0.717) is 35.2 Å². The van der Waals surface area contributed by atoms with Crippen molar-refractivity contribution in [3.63, 3.8) is 0 Å². The van der Waals surface area contributed by atoms with E-state index >= 15 is 0 Å². The molecule has 0 bridgehead atoms. The molecule has 2 aromatic carbocycles. The quantitative estimate of drug-likeness (QED) is 0.556. The van der Waals surface area contributed by atoms with Crippen LogP contribution in [0.4, 0.5) is 5.88 Å². The molecule has 0 spiro atoms. The van der Waals surface area contributed by atoms with Crippen LogP contribution in [0.3, 0.4) is 0 Å². The van der Waals surface area contributed by atoms with Crippen LogP contribution in [0.5, 0.6) is 11.5 Å². The Morgan fingerprint density at radius 2 is 1.88 bits per heavy atom. The lowest BCUT2D eigenvalue weighted by Crippen LogP contribution is -2.29. The predicted molar refractivity (Wildman–Crippen MR) is 122 cm³/mol. The summed E-state index contributed by atoms with van der Waals surface area (Å²) in [6.45, 7) is 1.90. The first-order valence-electron chi connectivity index (χ1n) is 10.5. The maximum absolute atomic E-state index is 13.6. The molecule has 32 heavy (non-hydrogen) atoms. The minimum Gasteiger partial charge on any atom is -0.493 e. The molecular weight excluding hydrogens is 428 g/mol. The summed E-state index contributed by atoms with van der Waals surface area (Å²) in [5, 5.41) is 8.15. The number of nitrogens with one attached hydrogen (secondary N) is 1. The number of rotatable bonds is 4. The van der Waals surface area contributed by atoms with Gasteiger partial charge in [-0.2, -0.15) is 0 Å². The highest BCUT2D eigenvalue weighted by Gasteiger charge is 2.41. The molecular formula is C25H23ClN2O4. The number of Topliss-reactive ketones (excluding diaryl/α,β-unsaturated/α-hetero) is 1. The van der Waals surface area contributed by atoms with E-state index in [1.165, 1.54) is 0 Å². The van der Waals surface area contributed by atoms with Crippen molar-refractivity contribution < 1.29 is 18.8 Å². The number of anilines is 1. The number of halogens is 1. The minimum absolute atomic E-state index is 0.0131. The summed E-state index contributed by atoms with van der Waals surface area (Å²) in [5.74, 6) is 1.77. The van der Waals surface area contributed by atoms with Crippen LogP contribution in [0.15, 0.2) is 58.3 Å². The normalized spacial score (nSPS) is 19.8. The summed E-state index contributed by atoms with van der Waals surface area (Å²) in [6, 6.07) is 13.5. The molecule has 5 rings (SSSR count). The Kier molecular flexibility index (Phi) is 5.18. The molecule has 0 saturated carbocycles. The van der Waals surface area contributed by atoms with Gasteiger partial charge >= 0.3 is 0 Å². The van der Waals surface area contributed by atoms with Gasteiger partial charge in [0.15, 0.2) is 17.3 Å². The van der Waals surface area contributed by atoms with Gasteiger partial charge in [0.1, 0.15) is 0 Å². The van der Waals surface area contributed by atoms with E-state index in [1.54, 1.807) is 14.2 Å². The molecule has 2 heterocycles. The second-order valence-corrected chi connectivity index (χ2v) is 8.60. The van der Waals surface area contributed by atoms with Crippen molar-refractivity contribution in [2.75, 3.05) is 19.5 Å². The van der Waals surface area contributed by atoms with Gasteiger partial charge in [0.05, 0.1) is 25.5 Å². The van der Waals surface area contributed by atoms with Crippen LogP contribution >= 0.6 is 11.6 Å². The molecule has 1 N–H and O–H groups in total. The highest BCUT2D eigenvalue weighted by molar-refractivity contribution is 6.30. The third-order valence-corrected chi connectivity index (χ3v) is 6.55. The lowest BCUT2D eigenvalue weighted by molar-refractivity contribution is -0.116. The van der Waals surface area contributed by atoms with E-state index < -0.39 is 0 Å². The Labute approximate surface area is 191 Å². The van der Waals surface area contributed by atoms with Crippen LogP contribution in [-0.4, -0.2) is 25.2 Å². The third kappa shape index (κ3) is 3.35. The number of hydrogen-bond acceptors (Lipinski definition) is 6. The zero-order valence-electron chi connectivity index (χ0n) is 18.1. The molecule has 2 atom stereocenters. The Bertz CT molecular complexity index is 1250. The smallest absolute Gasteiger partial charge is 0.233 e. The van der Waals surface area contributed by atoms with Crippen LogP contribution in [0.25, 0.3) is 0 Å². The van der Waals surface area contributed by atoms with E-state index in [2.05, 4.69) is 10.5 Å². The SMILES string of the molecule is COc1ccc([C@@H]2CC(=O)C3=C(C2)Nc2onc(C)c2[C@@H]3c2cccc(Cl)c2)cc1OC. The van der Waals surface area contributed by atoms with Gasteiger partial charge in [0, 0.05) is 28.6 Å². The average Bonchev–Trinajstić information content (AvgIpc) is 3.17. The molecule has 1 aliphatic heterocycles. The zero-order valence-corrected chi connectivity index (χ0v) is 18.8. The number of ether oxygens (including phenoxy) is 2. The van der Waals surface area contributed by atoms with E-state index in [4.69, 9.17) is 25.6 Å². The lowest BCUT2D eigenvalue weighted by Gasteiger charge is -2.34. The summed E-state index contributed by atoms with van der Waals surface area (Å²) in [7, 11) is 3.22. The van der Waals surface area contributed by atoms with Crippen LogP contribution in [0.1, 0.15) is 47.1 Å². The van der Waals surface area contributed by atoms with Crippen molar-refractivity contribution in [1.82, 2.24) is 5.16 Å². The number of aryl methyl sites for hydroxylation is 1. The Hall–Kier alpha value is -3.25. The number of nitrogens with zero attached hydrogens (tertiary/aromatic N) is 1. The number of fused-ring (bicyclic) bond motifs is 1. The number of aromatic nitrogens is 1. The molecule has 1 aliphatic carbocycles. The molecule has 2 aliphatic rings. The molecule has 0 radical (unpaired) electrons. The second-order valence-electron chi connectivity index (χ2n) is 8.16. The molecule has 0 saturated heterocycles. The standard InChI is InChI=1S/C25H23ClN2O4/c1-13-22-23(15-5-4-6-17(26)9-15)24-18(27-25(22)32-28-13)10-16(11-19(24)29)14-7-8-20(30-2)21(12-14)31-3/h4-9,12,16,23,27H,10-11H2,1-3H3/t16-,23-/m0/s1. The summed E-state index contributed by atoms with van der Waals surface area (Å²) < 4.78 is 16.4. The molecule has 6 nitrogen and oxygen atoms in total. The first-order chi connectivity index (χ1) is 15.5. The maximum atomic E-state index is 13.6. The van der Waals surface area contributed by atoms with Gasteiger partial charge in [-0.25, -0.2) is 0 Å². The first kappa shape index (κ1) is 20.6. The molecule has 164 valence electrons. The number of carbonyl (C=O) groups excluding carboxylic acids is 1. The molecule has 0 amide bonds. The molecule has 3 aromatic rings. The average molecular weight is 451 g/mol. The van der Waals surface area contributed by atoms with E-state index in [-0.39, 0.29) is 17.6 Å². The number of ketones is 1. The first-order valence-corrected chi connectivity index (χ1v) is 10.8.